The summed E-state index contributed by atoms with van der Waals surface area (Å²) in [6.45, 7) is 1.30. The standard InChI is InChI=1S/C13H15IN2O3S/c14-13-4-2-12(3-5-13)10-16-8-7-15(11-16)6-1-9-20(17,18)19/h2-5,7-8,11H,1,6,9-10H2. The fourth-order valence-corrected chi connectivity index (χ4v) is 2.73. The molecule has 0 radical (unpaired) electrons. The number of hydrogen-bond acceptors (Lipinski definition) is 3. The fourth-order valence-electron chi connectivity index (χ4n) is 1.89. The number of imidazole rings is 1. The van der Waals surface area contributed by atoms with E-state index in [1.807, 2.05) is 27.9 Å². The third-order valence-corrected chi connectivity index (χ3v) is 4.34. The minimum absolute atomic E-state index is 0.317. The molecule has 0 N–H and O–H groups in total. The Morgan fingerprint density at radius 1 is 1.25 bits per heavy atom. The van der Waals surface area contributed by atoms with Crippen molar-refractivity contribution < 1.29 is 17.5 Å². The van der Waals surface area contributed by atoms with Gasteiger partial charge in [-0.05, 0) is 46.7 Å². The van der Waals surface area contributed by atoms with Gasteiger partial charge in [0.15, 0.2) is 0 Å². The van der Waals surface area contributed by atoms with Crippen molar-refractivity contribution in [1.82, 2.24) is 4.57 Å². The first-order chi connectivity index (χ1) is 9.42. The van der Waals surface area contributed by atoms with Gasteiger partial charge in [0.05, 0.1) is 16.7 Å². The summed E-state index contributed by atoms with van der Waals surface area (Å²) in [6, 6.07) is 8.28. The molecule has 0 atom stereocenters. The first-order valence-electron chi connectivity index (χ1n) is 6.15. The van der Waals surface area contributed by atoms with Crippen molar-refractivity contribution in [2.75, 3.05) is 5.75 Å². The van der Waals surface area contributed by atoms with Gasteiger partial charge in [-0.2, -0.15) is 0 Å². The quantitative estimate of drug-likeness (QED) is 0.414. The second-order valence-electron chi connectivity index (χ2n) is 4.57. The second-order valence-corrected chi connectivity index (χ2v) is 7.33. The molecule has 0 saturated carbocycles. The molecule has 108 valence electrons. The van der Waals surface area contributed by atoms with E-state index in [2.05, 4.69) is 46.9 Å². The number of benzene rings is 1. The van der Waals surface area contributed by atoms with Crippen LogP contribution in [0.1, 0.15) is 12.0 Å². The molecular weight excluding hydrogens is 391 g/mol. The Morgan fingerprint density at radius 2 is 1.95 bits per heavy atom. The molecule has 1 aromatic heterocycles. The normalized spacial score (nSPS) is 11.7. The summed E-state index contributed by atoms with van der Waals surface area (Å²) in [5.74, 6) is -0.317. The summed E-state index contributed by atoms with van der Waals surface area (Å²) in [5.41, 5.74) is 1.20. The lowest BCUT2D eigenvalue weighted by Gasteiger charge is -2.04. The van der Waals surface area contributed by atoms with Crippen LogP contribution in [0.5, 0.6) is 0 Å². The largest absolute Gasteiger partial charge is 0.748 e. The monoisotopic (exact) mass is 406 g/mol. The fraction of sp³-hybridized carbons (Fsp3) is 0.308. The number of aromatic nitrogens is 2. The van der Waals surface area contributed by atoms with Gasteiger partial charge in [-0.3, -0.25) is 0 Å². The summed E-state index contributed by atoms with van der Waals surface area (Å²) >= 11 is 2.27. The minimum atomic E-state index is -4.11. The highest BCUT2D eigenvalue weighted by molar-refractivity contribution is 14.1. The van der Waals surface area contributed by atoms with Crippen LogP contribution in [0.2, 0.25) is 0 Å². The molecule has 0 fully saturated rings. The lowest BCUT2D eigenvalue weighted by molar-refractivity contribution is -0.687. The predicted molar refractivity (Wildman–Crippen MR) is 82.1 cm³/mol. The molecule has 7 heteroatoms. The molecule has 0 aliphatic carbocycles. The van der Waals surface area contributed by atoms with Crippen LogP contribution < -0.4 is 4.57 Å². The Bertz CT molecular complexity index is 665. The van der Waals surface area contributed by atoms with Crippen LogP contribution in [-0.4, -0.2) is 23.3 Å². The lowest BCUT2D eigenvalue weighted by Crippen LogP contribution is -2.31. The Labute approximate surface area is 132 Å². The highest BCUT2D eigenvalue weighted by atomic mass is 127. The van der Waals surface area contributed by atoms with Gasteiger partial charge in [0, 0.05) is 9.32 Å². The zero-order valence-electron chi connectivity index (χ0n) is 10.8. The van der Waals surface area contributed by atoms with Gasteiger partial charge in [0.25, 0.3) is 0 Å². The molecular formula is C13H15IN2O3S. The Balaban J connectivity index is 1.90. The highest BCUT2D eigenvalue weighted by Gasteiger charge is 2.05. The van der Waals surface area contributed by atoms with E-state index < -0.39 is 10.1 Å². The van der Waals surface area contributed by atoms with Gasteiger partial charge >= 0.3 is 0 Å². The van der Waals surface area contributed by atoms with Crippen LogP contribution in [0.15, 0.2) is 43.0 Å². The van der Waals surface area contributed by atoms with Crippen molar-refractivity contribution in [3.63, 3.8) is 0 Å². The number of halogens is 1. The van der Waals surface area contributed by atoms with E-state index in [9.17, 15) is 13.0 Å². The molecule has 0 aliphatic heterocycles. The third kappa shape index (κ3) is 5.22. The molecule has 1 heterocycles. The molecule has 0 spiro atoms. The van der Waals surface area contributed by atoms with E-state index >= 15 is 0 Å². The Hall–Kier alpha value is -0.930. The van der Waals surface area contributed by atoms with Crippen molar-refractivity contribution in [2.24, 2.45) is 0 Å². The number of nitrogens with zero attached hydrogens (tertiary/aromatic N) is 2. The Morgan fingerprint density at radius 3 is 2.60 bits per heavy atom. The second kappa shape index (κ2) is 6.68. The van der Waals surface area contributed by atoms with Crippen LogP contribution >= 0.6 is 22.6 Å². The summed E-state index contributed by atoms with van der Waals surface area (Å²) in [7, 11) is -4.11. The zero-order valence-corrected chi connectivity index (χ0v) is 13.7. The van der Waals surface area contributed by atoms with Gasteiger partial charge in [0.1, 0.15) is 18.9 Å². The van der Waals surface area contributed by atoms with E-state index in [1.54, 1.807) is 0 Å². The number of aryl methyl sites for hydroxylation is 1. The topological polar surface area (TPSA) is 66.0 Å². The van der Waals surface area contributed by atoms with E-state index in [0.29, 0.717) is 13.0 Å². The SMILES string of the molecule is O=S(=O)([O-])CCCn1cc[n+](Cc2ccc(I)cc2)c1. The maximum atomic E-state index is 10.5. The summed E-state index contributed by atoms with van der Waals surface area (Å²) in [5, 5.41) is 0. The maximum absolute atomic E-state index is 10.5. The smallest absolute Gasteiger partial charge is 0.244 e. The Kier molecular flexibility index (Phi) is 5.17. The van der Waals surface area contributed by atoms with E-state index in [4.69, 9.17) is 0 Å². The van der Waals surface area contributed by atoms with Gasteiger partial charge < -0.3 is 4.55 Å². The molecule has 0 amide bonds. The zero-order chi connectivity index (χ0) is 14.6. The average molecular weight is 406 g/mol. The van der Waals surface area contributed by atoms with Crippen molar-refractivity contribution in [3.8, 4) is 0 Å². The lowest BCUT2D eigenvalue weighted by atomic mass is 10.2. The molecule has 1 aromatic carbocycles. The molecule has 0 bridgehead atoms. The van der Waals surface area contributed by atoms with E-state index in [-0.39, 0.29) is 5.75 Å². The molecule has 2 rings (SSSR count). The summed E-state index contributed by atoms with van der Waals surface area (Å²) < 4.78 is 36.7. The van der Waals surface area contributed by atoms with Gasteiger partial charge in [-0.15, -0.1) is 0 Å². The summed E-state index contributed by atoms with van der Waals surface area (Å²) in [4.78, 5) is 0. The van der Waals surface area contributed by atoms with E-state index in [1.165, 1.54) is 9.13 Å². The first kappa shape index (κ1) is 15.5. The van der Waals surface area contributed by atoms with Crippen LogP contribution in [0.25, 0.3) is 0 Å². The van der Waals surface area contributed by atoms with Crippen molar-refractivity contribution in [1.29, 1.82) is 0 Å². The molecule has 0 aliphatic rings. The maximum Gasteiger partial charge on any atom is 0.244 e. The van der Waals surface area contributed by atoms with Crippen molar-refractivity contribution in [2.45, 2.75) is 19.5 Å². The molecule has 0 saturated heterocycles. The molecule has 20 heavy (non-hydrogen) atoms. The van der Waals surface area contributed by atoms with Crippen LogP contribution in [0, 0.1) is 3.57 Å². The van der Waals surface area contributed by atoms with Crippen LogP contribution in [-0.2, 0) is 23.2 Å². The first-order valence-corrected chi connectivity index (χ1v) is 8.81. The highest BCUT2D eigenvalue weighted by Crippen LogP contribution is 2.06. The van der Waals surface area contributed by atoms with Gasteiger partial charge in [-0.1, -0.05) is 12.1 Å². The van der Waals surface area contributed by atoms with Crippen molar-refractivity contribution in [3.05, 3.63) is 52.1 Å². The van der Waals surface area contributed by atoms with Crippen LogP contribution in [0.3, 0.4) is 0 Å². The van der Waals surface area contributed by atoms with E-state index in [0.717, 1.165) is 6.54 Å². The molecule has 0 unspecified atom stereocenters. The summed E-state index contributed by atoms with van der Waals surface area (Å²) in [6.07, 6.45) is 6.06. The van der Waals surface area contributed by atoms with Gasteiger partial charge in [0.2, 0.25) is 6.33 Å². The average Bonchev–Trinajstić information content (AvgIpc) is 2.78. The van der Waals surface area contributed by atoms with Gasteiger partial charge in [-0.25, -0.2) is 17.6 Å². The number of rotatable bonds is 6. The molecule has 5 nitrogen and oxygen atoms in total. The van der Waals surface area contributed by atoms with Crippen LogP contribution in [0.4, 0.5) is 0 Å². The number of hydrogen-bond donors (Lipinski definition) is 0. The minimum Gasteiger partial charge on any atom is -0.748 e. The third-order valence-electron chi connectivity index (χ3n) is 2.84. The predicted octanol–water partition coefficient (Wildman–Crippen LogP) is 1.36. The molecule has 2 aromatic rings. The van der Waals surface area contributed by atoms with Crippen molar-refractivity contribution >= 4 is 32.7 Å².